The largest absolute Gasteiger partial charge is 0.456 e. The molecule has 51 heavy (non-hydrogen) atoms. The highest BCUT2D eigenvalue weighted by Crippen LogP contribution is 2.38. The van der Waals surface area contributed by atoms with Crippen molar-refractivity contribution in [2.24, 2.45) is 0 Å². The van der Waals surface area contributed by atoms with Gasteiger partial charge in [0, 0.05) is 61.4 Å². The van der Waals surface area contributed by atoms with E-state index in [0.29, 0.717) is 23.2 Å². The van der Waals surface area contributed by atoms with Gasteiger partial charge in [-0.2, -0.15) is 0 Å². The highest BCUT2D eigenvalue weighted by atomic mass is 16.3. The van der Waals surface area contributed by atoms with E-state index in [1.807, 2.05) is 79.0 Å². The molecule has 0 fully saturated rings. The normalized spacial score (nSPS) is 11.9. The number of pyridine rings is 1. The molecule has 0 N–H and O–H groups in total. The molecule has 0 radical (unpaired) electrons. The van der Waals surface area contributed by atoms with Crippen LogP contribution in [0.3, 0.4) is 0 Å². The maximum atomic E-state index is 6.25. The van der Waals surface area contributed by atoms with Crippen LogP contribution in [-0.4, -0.2) is 24.5 Å². The Labute approximate surface area is 290 Å². The van der Waals surface area contributed by atoms with Crippen LogP contribution in [-0.2, 0) is 0 Å². The molecule has 0 saturated carbocycles. The van der Waals surface area contributed by atoms with Crippen LogP contribution in [0.1, 0.15) is 0 Å². The van der Waals surface area contributed by atoms with Crippen molar-refractivity contribution >= 4 is 65.7 Å². The Kier molecular flexibility index (Phi) is 5.83. The molecule has 7 nitrogen and oxygen atoms in total. The minimum Gasteiger partial charge on any atom is -0.456 e. The van der Waals surface area contributed by atoms with Gasteiger partial charge < -0.3 is 13.4 Å². The van der Waals surface area contributed by atoms with Crippen LogP contribution in [0.4, 0.5) is 0 Å². The van der Waals surface area contributed by atoms with Crippen LogP contribution < -0.4 is 0 Å². The van der Waals surface area contributed by atoms with E-state index in [0.717, 1.165) is 71.7 Å². The molecule has 11 rings (SSSR count). The number of rotatable bonds is 4. The zero-order valence-corrected chi connectivity index (χ0v) is 27.0. The topological polar surface area (TPSA) is 82.8 Å². The molecule has 0 atom stereocenters. The molecule has 0 aliphatic heterocycles. The number of aromatic nitrogens is 5. The zero-order valence-electron chi connectivity index (χ0n) is 27.0. The maximum absolute atomic E-state index is 6.25. The third-order valence-corrected chi connectivity index (χ3v) is 9.71. The minimum absolute atomic E-state index is 0.449. The molecule has 7 heteroatoms. The highest BCUT2D eigenvalue weighted by Gasteiger charge is 2.20. The predicted molar refractivity (Wildman–Crippen MR) is 203 cm³/mol. The van der Waals surface area contributed by atoms with E-state index in [1.54, 1.807) is 0 Å². The standard InChI is InChI=1S/C44H25N5O2/c1-5-18-35-28(13-1)29-14-2-6-19-36(29)49(35)27-12-9-11-26(23-27)42-46-43(32-17-10-22-39-41(32)31-16-4-8-21-38(31)50-39)48-44(47-42)34-24-40-33(25-45-34)30-15-3-7-20-37(30)51-40/h1-25H. The summed E-state index contributed by atoms with van der Waals surface area (Å²) in [5.41, 5.74) is 8.69. The van der Waals surface area contributed by atoms with Gasteiger partial charge in [-0.15, -0.1) is 0 Å². The van der Waals surface area contributed by atoms with E-state index in [1.165, 1.54) is 10.8 Å². The number of hydrogen-bond acceptors (Lipinski definition) is 6. The van der Waals surface area contributed by atoms with Crippen molar-refractivity contribution < 1.29 is 8.83 Å². The third-order valence-electron chi connectivity index (χ3n) is 9.71. The Morgan fingerprint density at radius 2 is 1.04 bits per heavy atom. The second-order valence-electron chi connectivity index (χ2n) is 12.7. The van der Waals surface area contributed by atoms with E-state index < -0.39 is 0 Å². The molecule has 11 aromatic rings. The third kappa shape index (κ3) is 4.25. The summed E-state index contributed by atoms with van der Waals surface area (Å²) in [5, 5.41) is 6.32. The van der Waals surface area contributed by atoms with Crippen molar-refractivity contribution in [1.82, 2.24) is 24.5 Å². The molecule has 6 aromatic carbocycles. The first-order chi connectivity index (χ1) is 25.3. The van der Waals surface area contributed by atoms with Crippen molar-refractivity contribution in [3.8, 4) is 40.0 Å². The van der Waals surface area contributed by atoms with E-state index in [9.17, 15) is 0 Å². The number of fused-ring (bicyclic) bond motifs is 9. The number of benzene rings is 6. The van der Waals surface area contributed by atoms with Crippen molar-refractivity contribution in [2.45, 2.75) is 0 Å². The Morgan fingerprint density at radius 3 is 1.84 bits per heavy atom. The van der Waals surface area contributed by atoms with Crippen molar-refractivity contribution in [2.75, 3.05) is 0 Å². The molecule has 0 aliphatic rings. The van der Waals surface area contributed by atoms with Crippen LogP contribution in [0.5, 0.6) is 0 Å². The fourth-order valence-corrected chi connectivity index (χ4v) is 7.43. The lowest BCUT2D eigenvalue weighted by molar-refractivity contribution is 0.668. The lowest BCUT2D eigenvalue weighted by atomic mass is 10.1. The van der Waals surface area contributed by atoms with Crippen molar-refractivity contribution in [1.29, 1.82) is 0 Å². The molecule has 0 saturated heterocycles. The number of hydrogen-bond donors (Lipinski definition) is 0. The Bertz CT molecular complexity index is 3120. The summed E-state index contributed by atoms with van der Waals surface area (Å²) >= 11 is 0. The van der Waals surface area contributed by atoms with Crippen molar-refractivity contribution in [3.63, 3.8) is 0 Å². The van der Waals surface area contributed by atoms with Gasteiger partial charge >= 0.3 is 0 Å². The van der Waals surface area contributed by atoms with Crippen LogP contribution in [0.25, 0.3) is 106 Å². The van der Waals surface area contributed by atoms with Gasteiger partial charge in [-0.3, -0.25) is 4.98 Å². The van der Waals surface area contributed by atoms with E-state index in [2.05, 4.69) is 77.4 Å². The molecule has 0 bridgehead atoms. The Balaban J connectivity index is 1.15. The van der Waals surface area contributed by atoms with Crippen LogP contribution in [0.15, 0.2) is 161 Å². The first-order valence-electron chi connectivity index (χ1n) is 16.8. The molecule has 0 amide bonds. The SMILES string of the molecule is c1cc(-c2nc(-c3cc4oc5ccccc5c4cn3)nc(-c3cccc4oc5ccccc5c34)n2)cc(-n2c3ccccc3c3ccccc32)c1. The first kappa shape index (κ1) is 27.8. The molecule has 0 spiro atoms. The van der Waals surface area contributed by atoms with Gasteiger partial charge in [0.15, 0.2) is 17.5 Å². The van der Waals surface area contributed by atoms with Crippen LogP contribution in [0.2, 0.25) is 0 Å². The summed E-state index contributed by atoms with van der Waals surface area (Å²) in [7, 11) is 0. The summed E-state index contributed by atoms with van der Waals surface area (Å²) in [4.78, 5) is 20.2. The van der Waals surface area contributed by atoms with Gasteiger partial charge in [-0.05, 0) is 42.5 Å². The number of furan rings is 2. The smallest absolute Gasteiger partial charge is 0.182 e. The lowest BCUT2D eigenvalue weighted by Crippen LogP contribution is -2.02. The summed E-state index contributed by atoms with van der Waals surface area (Å²) in [6, 6.07) is 49.3. The van der Waals surface area contributed by atoms with Crippen LogP contribution >= 0.6 is 0 Å². The fraction of sp³-hybridized carbons (Fsp3) is 0. The van der Waals surface area contributed by atoms with Gasteiger partial charge in [0.2, 0.25) is 0 Å². The molecule has 0 unspecified atom stereocenters. The second-order valence-corrected chi connectivity index (χ2v) is 12.7. The second kappa shape index (κ2) is 10.7. The van der Waals surface area contributed by atoms with Crippen LogP contribution in [0, 0.1) is 0 Å². The van der Waals surface area contributed by atoms with Gasteiger partial charge in [0.25, 0.3) is 0 Å². The first-order valence-corrected chi connectivity index (χ1v) is 16.8. The summed E-state index contributed by atoms with van der Waals surface area (Å²) in [6.07, 6.45) is 1.84. The van der Waals surface area contributed by atoms with Gasteiger partial charge in [0.1, 0.15) is 28.0 Å². The van der Waals surface area contributed by atoms with Crippen molar-refractivity contribution in [3.05, 3.63) is 152 Å². The molecule has 238 valence electrons. The highest BCUT2D eigenvalue weighted by molar-refractivity contribution is 6.12. The van der Waals surface area contributed by atoms with E-state index >= 15 is 0 Å². The predicted octanol–water partition coefficient (Wildman–Crippen LogP) is 11.2. The quantitative estimate of drug-likeness (QED) is 0.188. The van der Waals surface area contributed by atoms with Gasteiger partial charge in [0.05, 0.1) is 11.0 Å². The molecule has 5 heterocycles. The van der Waals surface area contributed by atoms with Gasteiger partial charge in [-0.25, -0.2) is 15.0 Å². The van der Waals surface area contributed by atoms with E-state index in [-0.39, 0.29) is 0 Å². The molecule has 0 aliphatic carbocycles. The fourth-order valence-electron chi connectivity index (χ4n) is 7.43. The molecule has 5 aromatic heterocycles. The summed E-state index contributed by atoms with van der Waals surface area (Å²) < 4.78 is 14.8. The average molecular weight is 656 g/mol. The molecular formula is C44H25N5O2. The monoisotopic (exact) mass is 655 g/mol. The number of para-hydroxylation sites is 4. The summed E-state index contributed by atoms with van der Waals surface area (Å²) in [5.74, 6) is 1.51. The lowest BCUT2D eigenvalue weighted by Gasteiger charge is -2.11. The zero-order chi connectivity index (χ0) is 33.5. The average Bonchev–Trinajstić information content (AvgIpc) is 3.87. The number of nitrogens with zero attached hydrogens (tertiary/aromatic N) is 5. The summed E-state index contributed by atoms with van der Waals surface area (Å²) in [6.45, 7) is 0. The minimum atomic E-state index is 0.449. The molecular weight excluding hydrogens is 631 g/mol. The Morgan fingerprint density at radius 1 is 0.431 bits per heavy atom. The maximum Gasteiger partial charge on any atom is 0.182 e. The van der Waals surface area contributed by atoms with Gasteiger partial charge in [-0.1, -0.05) is 97.1 Å². The van der Waals surface area contributed by atoms with E-state index in [4.69, 9.17) is 28.8 Å². The Hall–Kier alpha value is -7.12.